The maximum absolute atomic E-state index is 13.0. The van der Waals surface area contributed by atoms with Crippen molar-refractivity contribution in [2.75, 3.05) is 33.2 Å². The van der Waals surface area contributed by atoms with Gasteiger partial charge in [-0.1, -0.05) is 51.1 Å². The third-order valence-electron chi connectivity index (χ3n) is 6.51. The number of amides is 1. The highest BCUT2D eigenvalue weighted by Gasteiger charge is 2.44. The highest BCUT2D eigenvalue weighted by Crippen LogP contribution is 2.35. The average Bonchev–Trinajstić information content (AvgIpc) is 3.11. The zero-order valence-corrected chi connectivity index (χ0v) is 17.3. The fraction of sp³-hybridized carbons (Fsp3) is 0.682. The van der Waals surface area contributed by atoms with E-state index in [0.29, 0.717) is 29.8 Å². The number of piperidine rings is 1. The van der Waals surface area contributed by atoms with Crippen LogP contribution in [0.5, 0.6) is 0 Å². The molecule has 2 fully saturated rings. The molecule has 0 aliphatic carbocycles. The number of carbonyl (C=O) groups excluding carboxylic acids is 1. The van der Waals surface area contributed by atoms with Gasteiger partial charge in [0.2, 0.25) is 5.91 Å². The zero-order valence-electron chi connectivity index (χ0n) is 17.3. The molecule has 2 aliphatic rings. The topological polar surface area (TPSA) is 47.6 Å². The van der Waals surface area contributed by atoms with Crippen LogP contribution in [0.1, 0.15) is 45.1 Å². The van der Waals surface area contributed by atoms with Gasteiger partial charge in [-0.25, -0.2) is 0 Å². The van der Waals surface area contributed by atoms with Gasteiger partial charge in [0.1, 0.15) is 0 Å². The van der Waals surface area contributed by atoms with Crippen LogP contribution in [-0.2, 0) is 4.79 Å². The van der Waals surface area contributed by atoms with Crippen LogP contribution in [0, 0.1) is 11.8 Å². The van der Waals surface area contributed by atoms with E-state index >= 15 is 0 Å². The first-order valence-electron chi connectivity index (χ1n) is 10.6. The summed E-state index contributed by atoms with van der Waals surface area (Å²) < 4.78 is 0. The van der Waals surface area contributed by atoms with Crippen molar-refractivity contribution in [2.24, 2.45) is 11.8 Å². The summed E-state index contributed by atoms with van der Waals surface area (Å²) in [6.45, 7) is 10.0. The molecule has 0 radical (unpaired) electrons. The second-order valence-electron chi connectivity index (χ2n) is 8.34. The van der Waals surface area contributed by atoms with Crippen LogP contribution in [0.15, 0.2) is 30.3 Å². The molecule has 0 spiro atoms. The molecule has 3 rings (SSSR count). The molecule has 2 saturated heterocycles. The molecule has 150 valence electrons. The molecule has 5 unspecified atom stereocenters. The van der Waals surface area contributed by atoms with E-state index in [2.05, 4.69) is 78.8 Å². The zero-order chi connectivity index (χ0) is 19.4. The largest absolute Gasteiger partial charge is 0.342 e. The predicted octanol–water partition coefficient (Wildman–Crippen LogP) is 2.46. The molecule has 0 bridgehead atoms. The van der Waals surface area contributed by atoms with Crippen molar-refractivity contribution in [1.29, 1.82) is 0 Å². The van der Waals surface area contributed by atoms with E-state index < -0.39 is 0 Å². The van der Waals surface area contributed by atoms with Crippen molar-refractivity contribution in [2.45, 2.75) is 51.6 Å². The normalized spacial score (nSPS) is 27.4. The Balaban J connectivity index is 1.69. The van der Waals surface area contributed by atoms with Gasteiger partial charge in [0.25, 0.3) is 0 Å². The maximum atomic E-state index is 13.0. The number of likely N-dealkylation sites (tertiary alicyclic amines) is 1. The molecular formula is C22H36N4O. The van der Waals surface area contributed by atoms with Crippen molar-refractivity contribution in [3.05, 3.63) is 35.9 Å². The van der Waals surface area contributed by atoms with E-state index in [4.69, 9.17) is 0 Å². The number of nitrogens with zero attached hydrogens (tertiary/aromatic N) is 2. The van der Waals surface area contributed by atoms with Crippen LogP contribution in [-0.4, -0.2) is 61.0 Å². The van der Waals surface area contributed by atoms with Gasteiger partial charge in [0.05, 0.1) is 0 Å². The van der Waals surface area contributed by atoms with Crippen LogP contribution in [0.4, 0.5) is 0 Å². The first-order chi connectivity index (χ1) is 13.0. The summed E-state index contributed by atoms with van der Waals surface area (Å²) in [5.41, 5.74) is 8.50. The minimum absolute atomic E-state index is 0.0587. The molecule has 0 aromatic heterocycles. The Bertz CT molecular complexity index is 608. The number of hydrazine groups is 1. The average molecular weight is 373 g/mol. The van der Waals surface area contributed by atoms with E-state index in [1.54, 1.807) is 0 Å². The monoisotopic (exact) mass is 372 g/mol. The Morgan fingerprint density at radius 3 is 2.67 bits per heavy atom. The Labute approximate surface area is 164 Å². The van der Waals surface area contributed by atoms with Gasteiger partial charge in [0.15, 0.2) is 0 Å². The van der Waals surface area contributed by atoms with Gasteiger partial charge in [-0.05, 0) is 32.0 Å². The first kappa shape index (κ1) is 20.3. The van der Waals surface area contributed by atoms with Crippen LogP contribution in [0.3, 0.4) is 0 Å². The summed E-state index contributed by atoms with van der Waals surface area (Å²) in [5.74, 6) is 1.30. The maximum Gasteiger partial charge on any atom is 0.226 e. The highest BCUT2D eigenvalue weighted by molar-refractivity contribution is 5.78. The molecule has 2 N–H and O–H groups in total. The van der Waals surface area contributed by atoms with Crippen molar-refractivity contribution < 1.29 is 4.79 Å². The van der Waals surface area contributed by atoms with E-state index in [-0.39, 0.29) is 5.92 Å². The van der Waals surface area contributed by atoms with Crippen LogP contribution in [0.25, 0.3) is 0 Å². The molecule has 27 heavy (non-hydrogen) atoms. The van der Waals surface area contributed by atoms with Crippen molar-refractivity contribution in [1.82, 2.24) is 20.7 Å². The van der Waals surface area contributed by atoms with Gasteiger partial charge in [-0.15, -0.1) is 0 Å². The van der Waals surface area contributed by atoms with Crippen molar-refractivity contribution in [3.63, 3.8) is 0 Å². The van der Waals surface area contributed by atoms with Gasteiger partial charge < -0.3 is 9.80 Å². The molecule has 2 aliphatic heterocycles. The molecule has 0 saturated carbocycles. The smallest absolute Gasteiger partial charge is 0.226 e. The fourth-order valence-corrected chi connectivity index (χ4v) is 4.82. The molecule has 5 atom stereocenters. The SMILES string of the molecule is CCC(c1ccccc1)C1NNC2CCN(C(=O)C(C)CN(C)CC)CC21. The minimum Gasteiger partial charge on any atom is -0.342 e. The molecule has 2 heterocycles. The summed E-state index contributed by atoms with van der Waals surface area (Å²) in [6, 6.07) is 11.6. The minimum atomic E-state index is 0.0587. The number of rotatable bonds is 7. The Kier molecular flexibility index (Phi) is 6.90. The molecule has 1 amide bonds. The van der Waals surface area contributed by atoms with Crippen molar-refractivity contribution in [3.8, 4) is 0 Å². The number of nitrogens with one attached hydrogen (secondary N) is 2. The van der Waals surface area contributed by atoms with E-state index in [0.717, 1.165) is 39.0 Å². The lowest BCUT2D eigenvalue weighted by atomic mass is 9.78. The third-order valence-corrected chi connectivity index (χ3v) is 6.51. The molecule has 1 aromatic rings. The van der Waals surface area contributed by atoms with Crippen LogP contribution in [0.2, 0.25) is 0 Å². The lowest BCUT2D eigenvalue weighted by molar-refractivity contribution is -0.137. The second-order valence-corrected chi connectivity index (χ2v) is 8.34. The summed E-state index contributed by atoms with van der Waals surface area (Å²) >= 11 is 0. The molecule has 1 aromatic carbocycles. The number of hydrogen-bond acceptors (Lipinski definition) is 4. The van der Waals surface area contributed by atoms with E-state index in [9.17, 15) is 4.79 Å². The number of fused-ring (bicyclic) bond motifs is 1. The highest BCUT2D eigenvalue weighted by atomic mass is 16.2. The van der Waals surface area contributed by atoms with Gasteiger partial charge in [0, 0.05) is 49.5 Å². The van der Waals surface area contributed by atoms with E-state index in [1.165, 1.54) is 5.56 Å². The number of hydrogen-bond donors (Lipinski definition) is 2. The predicted molar refractivity (Wildman–Crippen MR) is 110 cm³/mol. The molecular weight excluding hydrogens is 336 g/mol. The Morgan fingerprint density at radius 1 is 1.26 bits per heavy atom. The van der Waals surface area contributed by atoms with Crippen LogP contribution < -0.4 is 10.9 Å². The van der Waals surface area contributed by atoms with Crippen molar-refractivity contribution >= 4 is 5.91 Å². The number of carbonyl (C=O) groups is 1. The third kappa shape index (κ3) is 4.53. The first-order valence-corrected chi connectivity index (χ1v) is 10.6. The second kappa shape index (κ2) is 9.18. The standard InChI is InChI=1S/C22H36N4O/c1-5-18(17-10-8-7-9-11-17)21-19-15-26(13-12-20(19)23-24-21)22(27)16(3)14-25(4)6-2/h7-11,16,18-21,23-24H,5-6,12-15H2,1-4H3. The van der Waals surface area contributed by atoms with Gasteiger partial charge in [-0.2, -0.15) is 0 Å². The summed E-state index contributed by atoms with van der Waals surface area (Å²) in [4.78, 5) is 17.4. The Hall–Kier alpha value is -1.43. The van der Waals surface area contributed by atoms with Gasteiger partial charge in [-0.3, -0.25) is 15.6 Å². The van der Waals surface area contributed by atoms with Crippen LogP contribution >= 0.6 is 0 Å². The fourth-order valence-electron chi connectivity index (χ4n) is 4.82. The molecule has 5 heteroatoms. The quantitative estimate of drug-likeness (QED) is 0.772. The Morgan fingerprint density at radius 2 is 2.00 bits per heavy atom. The lowest BCUT2D eigenvalue weighted by Gasteiger charge is -2.39. The summed E-state index contributed by atoms with van der Waals surface area (Å²) in [5, 5.41) is 0. The molecule has 5 nitrogen and oxygen atoms in total. The summed E-state index contributed by atoms with van der Waals surface area (Å²) in [7, 11) is 2.09. The summed E-state index contributed by atoms with van der Waals surface area (Å²) in [6.07, 6.45) is 2.12. The number of benzene rings is 1. The lowest BCUT2D eigenvalue weighted by Crippen LogP contribution is -2.51. The van der Waals surface area contributed by atoms with Gasteiger partial charge >= 0.3 is 0 Å². The van der Waals surface area contributed by atoms with E-state index in [1.807, 2.05) is 0 Å².